The molecule has 5 nitrogen and oxygen atoms in total. The van der Waals surface area contributed by atoms with E-state index in [4.69, 9.17) is 4.52 Å². The first-order chi connectivity index (χ1) is 7.88. The van der Waals surface area contributed by atoms with Crippen molar-refractivity contribution in [3.63, 3.8) is 0 Å². The Bertz CT molecular complexity index is 305. The molecule has 1 aliphatic rings. The fourth-order valence-electron chi connectivity index (χ4n) is 1.93. The minimum Gasteiger partial charge on any atom is -0.339 e. The van der Waals surface area contributed by atoms with Gasteiger partial charge in [-0.3, -0.25) is 4.90 Å². The molecule has 0 aromatic carbocycles. The average molecular weight is 224 g/mol. The summed E-state index contributed by atoms with van der Waals surface area (Å²) in [7, 11) is 0. The van der Waals surface area contributed by atoms with Crippen molar-refractivity contribution in [3.8, 4) is 0 Å². The number of aryl methyl sites for hydroxylation is 1. The maximum atomic E-state index is 5.17. The Hall–Kier alpha value is -0.940. The second-order valence-electron chi connectivity index (χ2n) is 4.23. The van der Waals surface area contributed by atoms with Crippen molar-refractivity contribution in [1.29, 1.82) is 0 Å². The summed E-state index contributed by atoms with van der Waals surface area (Å²) in [5.74, 6) is 1.59. The molecule has 5 heteroatoms. The van der Waals surface area contributed by atoms with Gasteiger partial charge in [0.2, 0.25) is 5.89 Å². The average Bonchev–Trinajstić information content (AvgIpc) is 2.56. The van der Waals surface area contributed by atoms with Gasteiger partial charge in [0.05, 0.1) is 6.54 Å². The Morgan fingerprint density at radius 2 is 2.31 bits per heavy atom. The molecular formula is C11H20N4O. The summed E-state index contributed by atoms with van der Waals surface area (Å²) in [5.41, 5.74) is 0. The number of rotatable bonds is 4. The number of hydrogen-bond acceptors (Lipinski definition) is 5. The largest absolute Gasteiger partial charge is 0.339 e. The maximum absolute atomic E-state index is 5.17. The molecule has 1 saturated heterocycles. The van der Waals surface area contributed by atoms with E-state index in [-0.39, 0.29) is 0 Å². The maximum Gasteiger partial charge on any atom is 0.226 e. The van der Waals surface area contributed by atoms with E-state index in [0.29, 0.717) is 0 Å². The van der Waals surface area contributed by atoms with Gasteiger partial charge in [-0.1, -0.05) is 12.1 Å². The third-order valence-electron chi connectivity index (χ3n) is 2.77. The molecule has 0 bridgehead atoms. The fraction of sp³-hybridized carbons (Fsp3) is 0.818. The van der Waals surface area contributed by atoms with Crippen molar-refractivity contribution in [2.75, 3.05) is 26.2 Å². The molecule has 90 valence electrons. The van der Waals surface area contributed by atoms with Crippen LogP contribution in [0.3, 0.4) is 0 Å². The van der Waals surface area contributed by atoms with Gasteiger partial charge in [-0.15, -0.1) is 0 Å². The monoisotopic (exact) mass is 224 g/mol. The zero-order valence-corrected chi connectivity index (χ0v) is 9.91. The predicted molar refractivity (Wildman–Crippen MR) is 61.1 cm³/mol. The van der Waals surface area contributed by atoms with Crippen LogP contribution in [0.1, 0.15) is 31.5 Å². The molecule has 16 heavy (non-hydrogen) atoms. The number of nitrogens with one attached hydrogen (secondary N) is 1. The van der Waals surface area contributed by atoms with E-state index in [1.165, 1.54) is 6.42 Å². The summed E-state index contributed by atoms with van der Waals surface area (Å²) in [6, 6.07) is 0. The van der Waals surface area contributed by atoms with Gasteiger partial charge in [-0.25, -0.2) is 0 Å². The Labute approximate surface area is 96.2 Å². The van der Waals surface area contributed by atoms with Crippen LogP contribution in [0.5, 0.6) is 0 Å². The van der Waals surface area contributed by atoms with Gasteiger partial charge in [0.15, 0.2) is 5.82 Å². The molecule has 0 unspecified atom stereocenters. The lowest BCUT2D eigenvalue weighted by molar-refractivity contribution is 0.270. The van der Waals surface area contributed by atoms with E-state index < -0.39 is 0 Å². The van der Waals surface area contributed by atoms with E-state index in [2.05, 4.69) is 27.3 Å². The number of aromatic nitrogens is 2. The highest BCUT2D eigenvalue weighted by Crippen LogP contribution is 2.05. The molecular weight excluding hydrogens is 204 g/mol. The van der Waals surface area contributed by atoms with Crippen LogP contribution in [0.25, 0.3) is 0 Å². The molecule has 1 N–H and O–H groups in total. The van der Waals surface area contributed by atoms with Gasteiger partial charge in [0.25, 0.3) is 0 Å². The molecule has 0 radical (unpaired) electrons. The molecule has 1 aromatic heterocycles. The van der Waals surface area contributed by atoms with E-state index in [9.17, 15) is 0 Å². The van der Waals surface area contributed by atoms with Crippen LogP contribution in [-0.4, -0.2) is 41.2 Å². The quantitative estimate of drug-likeness (QED) is 0.820. The summed E-state index contributed by atoms with van der Waals surface area (Å²) in [6.45, 7) is 7.28. The first-order valence-electron chi connectivity index (χ1n) is 6.13. The van der Waals surface area contributed by atoms with Gasteiger partial charge in [-0.05, 0) is 25.9 Å². The van der Waals surface area contributed by atoms with E-state index >= 15 is 0 Å². The summed E-state index contributed by atoms with van der Waals surface area (Å²) < 4.78 is 5.17. The van der Waals surface area contributed by atoms with Crippen LogP contribution < -0.4 is 5.32 Å². The predicted octanol–water partition coefficient (Wildman–Crippen LogP) is 0.817. The first-order valence-corrected chi connectivity index (χ1v) is 6.13. The first kappa shape index (κ1) is 11.5. The molecule has 0 atom stereocenters. The summed E-state index contributed by atoms with van der Waals surface area (Å²) in [5, 5.41) is 7.39. The Morgan fingerprint density at radius 1 is 1.38 bits per heavy atom. The molecule has 0 saturated carbocycles. The summed E-state index contributed by atoms with van der Waals surface area (Å²) in [4.78, 5) is 6.76. The van der Waals surface area contributed by atoms with E-state index in [0.717, 1.165) is 57.3 Å². The van der Waals surface area contributed by atoms with Crippen LogP contribution in [0, 0.1) is 0 Å². The standard InChI is InChI=1S/C11H20N4O/c1-2-4-11-13-10(14-16-11)9-15-7-3-5-12-6-8-15/h12H,2-9H2,1H3. The van der Waals surface area contributed by atoms with Gasteiger partial charge < -0.3 is 9.84 Å². The van der Waals surface area contributed by atoms with Crippen molar-refractivity contribution < 1.29 is 4.52 Å². The highest BCUT2D eigenvalue weighted by molar-refractivity contribution is 4.87. The van der Waals surface area contributed by atoms with Crippen LogP contribution in [-0.2, 0) is 13.0 Å². The molecule has 1 fully saturated rings. The minimum atomic E-state index is 0.769. The lowest BCUT2D eigenvalue weighted by atomic mass is 10.3. The second kappa shape index (κ2) is 5.96. The third-order valence-corrected chi connectivity index (χ3v) is 2.77. The molecule has 1 aromatic rings. The van der Waals surface area contributed by atoms with Gasteiger partial charge in [-0.2, -0.15) is 4.98 Å². The lowest BCUT2D eigenvalue weighted by Crippen LogP contribution is -2.28. The number of hydrogen-bond donors (Lipinski definition) is 1. The fourth-order valence-corrected chi connectivity index (χ4v) is 1.93. The smallest absolute Gasteiger partial charge is 0.226 e. The third kappa shape index (κ3) is 3.28. The van der Waals surface area contributed by atoms with Gasteiger partial charge >= 0.3 is 0 Å². The minimum absolute atomic E-state index is 0.769. The van der Waals surface area contributed by atoms with Crippen molar-refractivity contribution in [1.82, 2.24) is 20.4 Å². The molecule has 0 aliphatic carbocycles. The van der Waals surface area contributed by atoms with Gasteiger partial charge in [0, 0.05) is 19.5 Å². The highest BCUT2D eigenvalue weighted by atomic mass is 16.5. The van der Waals surface area contributed by atoms with Crippen molar-refractivity contribution in [3.05, 3.63) is 11.7 Å². The molecule has 2 heterocycles. The highest BCUT2D eigenvalue weighted by Gasteiger charge is 2.12. The van der Waals surface area contributed by atoms with Crippen LogP contribution in [0.4, 0.5) is 0 Å². The molecule has 2 rings (SSSR count). The van der Waals surface area contributed by atoms with E-state index in [1.54, 1.807) is 0 Å². The second-order valence-corrected chi connectivity index (χ2v) is 4.23. The Kier molecular flexibility index (Phi) is 4.30. The normalized spacial score (nSPS) is 18.6. The summed E-state index contributed by atoms with van der Waals surface area (Å²) in [6.07, 6.45) is 3.13. The number of nitrogens with zero attached hydrogens (tertiary/aromatic N) is 3. The van der Waals surface area contributed by atoms with Crippen LogP contribution >= 0.6 is 0 Å². The lowest BCUT2D eigenvalue weighted by Gasteiger charge is -2.16. The van der Waals surface area contributed by atoms with Crippen molar-refractivity contribution >= 4 is 0 Å². The molecule has 0 amide bonds. The Balaban J connectivity index is 1.86. The molecule has 0 spiro atoms. The zero-order chi connectivity index (χ0) is 11.2. The zero-order valence-electron chi connectivity index (χ0n) is 9.91. The van der Waals surface area contributed by atoms with Gasteiger partial charge in [0.1, 0.15) is 0 Å². The SMILES string of the molecule is CCCc1nc(CN2CCCNCC2)no1. The Morgan fingerprint density at radius 3 is 3.19 bits per heavy atom. The van der Waals surface area contributed by atoms with Crippen LogP contribution in [0.2, 0.25) is 0 Å². The topological polar surface area (TPSA) is 54.2 Å². The van der Waals surface area contributed by atoms with Crippen LogP contribution in [0.15, 0.2) is 4.52 Å². The van der Waals surface area contributed by atoms with Crippen molar-refractivity contribution in [2.24, 2.45) is 0 Å². The molecule has 1 aliphatic heterocycles. The van der Waals surface area contributed by atoms with E-state index in [1.807, 2.05) is 0 Å². The summed E-state index contributed by atoms with van der Waals surface area (Å²) >= 11 is 0. The van der Waals surface area contributed by atoms with Crippen molar-refractivity contribution in [2.45, 2.75) is 32.7 Å².